The molecule has 1 aromatic heterocycles. The summed E-state index contributed by atoms with van der Waals surface area (Å²) in [6.07, 6.45) is 2.23. The van der Waals surface area contributed by atoms with Crippen LogP contribution in [0, 0.1) is 0 Å². The highest BCUT2D eigenvalue weighted by molar-refractivity contribution is 5.26. The number of aromatic nitrogens is 2. The average molecular weight is 297 g/mol. The van der Waals surface area contributed by atoms with E-state index in [1.165, 1.54) is 17.0 Å². The highest BCUT2D eigenvalue weighted by Crippen LogP contribution is 2.16. The van der Waals surface area contributed by atoms with Crippen molar-refractivity contribution in [2.24, 2.45) is 0 Å². The highest BCUT2D eigenvalue weighted by Gasteiger charge is 2.15. The lowest BCUT2D eigenvalue weighted by molar-refractivity contribution is 0.0705. The van der Waals surface area contributed by atoms with Gasteiger partial charge in [0.25, 0.3) is 0 Å². The van der Waals surface area contributed by atoms with E-state index in [1.54, 1.807) is 7.11 Å². The third kappa shape index (κ3) is 5.77. The molecule has 0 amide bonds. The summed E-state index contributed by atoms with van der Waals surface area (Å²) in [6, 6.07) is 0. The Morgan fingerprint density at radius 1 is 1.19 bits per heavy atom. The molecule has 5 heteroatoms. The van der Waals surface area contributed by atoms with Crippen molar-refractivity contribution in [2.75, 3.05) is 26.9 Å². The predicted molar refractivity (Wildman–Crippen MR) is 85.7 cm³/mol. The Morgan fingerprint density at radius 2 is 1.95 bits per heavy atom. The van der Waals surface area contributed by atoms with Gasteiger partial charge in [-0.25, -0.2) is 0 Å². The maximum Gasteiger partial charge on any atom is 0.0669 e. The van der Waals surface area contributed by atoms with E-state index < -0.39 is 0 Å². The second-order valence-electron chi connectivity index (χ2n) is 5.39. The van der Waals surface area contributed by atoms with Gasteiger partial charge >= 0.3 is 0 Å². The summed E-state index contributed by atoms with van der Waals surface area (Å²) in [6.45, 7) is 12.5. The number of nitrogens with zero attached hydrogens (tertiary/aromatic N) is 2. The van der Waals surface area contributed by atoms with Crippen LogP contribution in [0.25, 0.3) is 0 Å². The number of ether oxygens (including phenoxy) is 2. The van der Waals surface area contributed by atoms with Crippen molar-refractivity contribution >= 4 is 0 Å². The fraction of sp³-hybridized carbons (Fsp3) is 0.812. The van der Waals surface area contributed by atoms with Gasteiger partial charge in [-0.3, -0.25) is 4.68 Å². The fourth-order valence-electron chi connectivity index (χ4n) is 2.42. The van der Waals surface area contributed by atoms with Gasteiger partial charge in [-0.2, -0.15) is 5.10 Å². The molecule has 0 aromatic carbocycles. The summed E-state index contributed by atoms with van der Waals surface area (Å²) in [4.78, 5) is 0. The average Bonchev–Trinajstić information content (AvgIpc) is 2.80. The molecule has 21 heavy (non-hydrogen) atoms. The molecule has 0 unspecified atom stereocenters. The Balaban J connectivity index is 2.72. The molecule has 0 spiro atoms. The minimum absolute atomic E-state index is 0.270. The summed E-state index contributed by atoms with van der Waals surface area (Å²) in [7, 11) is 1.73. The zero-order valence-corrected chi connectivity index (χ0v) is 14.2. The number of hydrogen-bond acceptors (Lipinski definition) is 4. The van der Waals surface area contributed by atoms with Gasteiger partial charge in [0.2, 0.25) is 0 Å². The van der Waals surface area contributed by atoms with Crippen LogP contribution in [0.1, 0.15) is 44.6 Å². The molecule has 1 rings (SSSR count). The Bertz CT molecular complexity index is 402. The van der Waals surface area contributed by atoms with Crippen LogP contribution in [0.4, 0.5) is 0 Å². The van der Waals surface area contributed by atoms with Gasteiger partial charge in [0.05, 0.1) is 31.6 Å². The van der Waals surface area contributed by atoms with Crippen LogP contribution in [0.3, 0.4) is 0 Å². The van der Waals surface area contributed by atoms with E-state index in [0.717, 1.165) is 39.1 Å². The van der Waals surface area contributed by atoms with E-state index >= 15 is 0 Å². The summed E-state index contributed by atoms with van der Waals surface area (Å²) in [5.74, 6) is 0. The topological polar surface area (TPSA) is 48.3 Å². The van der Waals surface area contributed by atoms with Crippen LogP contribution in [0.15, 0.2) is 0 Å². The first-order valence-corrected chi connectivity index (χ1v) is 8.02. The van der Waals surface area contributed by atoms with Crippen LogP contribution in [0.5, 0.6) is 0 Å². The quantitative estimate of drug-likeness (QED) is 0.636. The Labute approximate surface area is 129 Å². The lowest BCUT2D eigenvalue weighted by Gasteiger charge is -2.11. The minimum Gasteiger partial charge on any atom is -0.383 e. The minimum atomic E-state index is 0.270. The van der Waals surface area contributed by atoms with E-state index in [0.29, 0.717) is 6.61 Å². The first-order valence-electron chi connectivity index (χ1n) is 8.02. The molecule has 0 saturated heterocycles. The molecule has 0 radical (unpaired) electrons. The van der Waals surface area contributed by atoms with Crippen LogP contribution in [-0.2, 0) is 35.4 Å². The third-order valence-electron chi connectivity index (χ3n) is 3.46. The van der Waals surface area contributed by atoms with Gasteiger partial charge in [0.1, 0.15) is 0 Å². The standard InChI is InChI=1S/C16H31N3O2/c1-6-15-14(12-17-8-10-20-5)16(7-2)19(18-15)9-11-21-13(3)4/h13,17H,6-12H2,1-5H3. The van der Waals surface area contributed by atoms with Crippen molar-refractivity contribution in [3.05, 3.63) is 17.0 Å². The first-order chi connectivity index (χ1) is 10.1. The van der Waals surface area contributed by atoms with Gasteiger partial charge in [-0.05, 0) is 26.7 Å². The number of aryl methyl sites for hydroxylation is 1. The number of methoxy groups -OCH3 is 1. The predicted octanol–water partition coefficient (Wildman–Crippen LogP) is 2.17. The molecule has 0 saturated carbocycles. The first kappa shape index (κ1) is 18.1. The van der Waals surface area contributed by atoms with E-state index in [4.69, 9.17) is 14.6 Å². The molecule has 1 heterocycles. The molecule has 0 bridgehead atoms. The van der Waals surface area contributed by atoms with Crippen molar-refractivity contribution in [1.29, 1.82) is 0 Å². The van der Waals surface area contributed by atoms with Gasteiger partial charge in [0.15, 0.2) is 0 Å². The van der Waals surface area contributed by atoms with Crippen molar-refractivity contribution in [3.8, 4) is 0 Å². The largest absolute Gasteiger partial charge is 0.383 e. The summed E-state index contributed by atoms with van der Waals surface area (Å²) >= 11 is 0. The van der Waals surface area contributed by atoms with Gasteiger partial charge in [0, 0.05) is 31.5 Å². The molecule has 0 aliphatic heterocycles. The zero-order chi connectivity index (χ0) is 15.7. The molecular formula is C16H31N3O2. The van der Waals surface area contributed by atoms with Crippen molar-refractivity contribution in [1.82, 2.24) is 15.1 Å². The summed E-state index contributed by atoms with van der Waals surface area (Å²) < 4.78 is 12.8. The molecule has 122 valence electrons. The van der Waals surface area contributed by atoms with E-state index in [9.17, 15) is 0 Å². The highest BCUT2D eigenvalue weighted by atomic mass is 16.5. The van der Waals surface area contributed by atoms with Crippen LogP contribution in [0.2, 0.25) is 0 Å². The number of rotatable bonds is 11. The zero-order valence-electron chi connectivity index (χ0n) is 14.2. The maximum absolute atomic E-state index is 5.65. The molecule has 5 nitrogen and oxygen atoms in total. The summed E-state index contributed by atoms with van der Waals surface area (Å²) in [5, 5.41) is 8.19. The Kier molecular flexibility index (Phi) is 8.57. The molecule has 0 fully saturated rings. The SMILES string of the molecule is CCc1nn(CCOC(C)C)c(CC)c1CNCCOC. The molecule has 0 atom stereocenters. The number of hydrogen-bond donors (Lipinski definition) is 1. The van der Waals surface area contributed by atoms with E-state index in [2.05, 4.69) is 37.7 Å². The fourth-order valence-corrected chi connectivity index (χ4v) is 2.42. The second kappa shape index (κ2) is 9.92. The molecule has 0 aliphatic rings. The van der Waals surface area contributed by atoms with Crippen LogP contribution in [-0.4, -0.2) is 42.8 Å². The smallest absolute Gasteiger partial charge is 0.0669 e. The monoisotopic (exact) mass is 297 g/mol. The maximum atomic E-state index is 5.65. The van der Waals surface area contributed by atoms with Crippen molar-refractivity contribution < 1.29 is 9.47 Å². The van der Waals surface area contributed by atoms with Gasteiger partial charge in [-0.1, -0.05) is 13.8 Å². The normalized spacial score (nSPS) is 11.5. The van der Waals surface area contributed by atoms with E-state index in [-0.39, 0.29) is 6.10 Å². The van der Waals surface area contributed by atoms with Crippen LogP contribution < -0.4 is 5.32 Å². The molecule has 0 aliphatic carbocycles. The van der Waals surface area contributed by atoms with Crippen molar-refractivity contribution in [2.45, 2.75) is 59.7 Å². The molecular weight excluding hydrogens is 266 g/mol. The van der Waals surface area contributed by atoms with Gasteiger partial charge < -0.3 is 14.8 Å². The Hall–Kier alpha value is -0.910. The van der Waals surface area contributed by atoms with Gasteiger partial charge in [-0.15, -0.1) is 0 Å². The lowest BCUT2D eigenvalue weighted by Crippen LogP contribution is -2.20. The number of nitrogens with one attached hydrogen (secondary N) is 1. The van der Waals surface area contributed by atoms with E-state index in [1.807, 2.05) is 0 Å². The lowest BCUT2D eigenvalue weighted by atomic mass is 10.1. The molecule has 1 N–H and O–H groups in total. The Morgan fingerprint density at radius 3 is 2.52 bits per heavy atom. The third-order valence-corrected chi connectivity index (χ3v) is 3.46. The second-order valence-corrected chi connectivity index (χ2v) is 5.39. The summed E-state index contributed by atoms with van der Waals surface area (Å²) in [5.41, 5.74) is 3.87. The van der Waals surface area contributed by atoms with Crippen LogP contribution >= 0.6 is 0 Å². The molecule has 1 aromatic rings. The van der Waals surface area contributed by atoms with Crippen molar-refractivity contribution in [3.63, 3.8) is 0 Å².